The van der Waals surface area contributed by atoms with E-state index in [1.54, 1.807) is 0 Å². The molecule has 1 aromatic carbocycles. The van der Waals surface area contributed by atoms with Gasteiger partial charge in [-0.2, -0.15) is 0 Å². The molecule has 2 fully saturated rings. The third kappa shape index (κ3) is 2.50. The van der Waals surface area contributed by atoms with Gasteiger partial charge >= 0.3 is 0 Å². The minimum atomic E-state index is 0.601. The highest BCUT2D eigenvalue weighted by Gasteiger charge is 2.34. The molecule has 0 radical (unpaired) electrons. The first-order valence-corrected chi connectivity index (χ1v) is 7.41. The Morgan fingerprint density at radius 3 is 2.61 bits per heavy atom. The maximum Gasteiger partial charge on any atom is 0.166 e. The van der Waals surface area contributed by atoms with Crippen LogP contribution in [0.3, 0.4) is 0 Å². The van der Waals surface area contributed by atoms with E-state index in [1.165, 1.54) is 38.5 Å². The molecule has 0 spiro atoms. The Morgan fingerprint density at radius 1 is 1.06 bits per heavy atom. The zero-order valence-electron chi connectivity index (χ0n) is 10.6. The Kier molecular flexibility index (Phi) is 3.76. The average Bonchev–Trinajstić information content (AvgIpc) is 2.32. The van der Waals surface area contributed by atoms with Crippen LogP contribution in [0.1, 0.15) is 38.5 Å². The highest BCUT2D eigenvalue weighted by atomic mass is 35.5. The van der Waals surface area contributed by atoms with Crippen LogP contribution in [0.5, 0.6) is 5.75 Å². The molecule has 1 atom stereocenters. The van der Waals surface area contributed by atoms with Gasteiger partial charge in [0.2, 0.25) is 0 Å². The summed E-state index contributed by atoms with van der Waals surface area (Å²) >= 11 is 6.17. The summed E-state index contributed by atoms with van der Waals surface area (Å²) in [5.74, 6) is 1.64. The van der Waals surface area contributed by atoms with Crippen molar-refractivity contribution < 1.29 is 4.84 Å². The van der Waals surface area contributed by atoms with Crippen molar-refractivity contribution in [1.82, 2.24) is 5.06 Å². The topological polar surface area (TPSA) is 12.5 Å². The number of benzene rings is 1. The summed E-state index contributed by atoms with van der Waals surface area (Å²) in [5.41, 5.74) is 0. The third-order valence-corrected chi connectivity index (χ3v) is 4.56. The van der Waals surface area contributed by atoms with Gasteiger partial charge in [-0.3, -0.25) is 0 Å². The molecule has 1 aromatic rings. The lowest BCUT2D eigenvalue weighted by atomic mass is 9.77. The molecule has 1 saturated carbocycles. The molecule has 1 aliphatic carbocycles. The lowest BCUT2D eigenvalue weighted by molar-refractivity contribution is -0.137. The van der Waals surface area contributed by atoms with Crippen LogP contribution in [0.4, 0.5) is 0 Å². The van der Waals surface area contributed by atoms with E-state index in [0.717, 1.165) is 18.2 Å². The fraction of sp³-hybridized carbons (Fsp3) is 0.600. The molecule has 1 heterocycles. The van der Waals surface area contributed by atoms with Crippen molar-refractivity contribution in [1.29, 1.82) is 0 Å². The summed E-state index contributed by atoms with van der Waals surface area (Å²) in [6.45, 7) is 1.03. The highest BCUT2D eigenvalue weighted by Crippen LogP contribution is 2.37. The molecular weight excluding hydrogens is 246 g/mol. The molecule has 3 rings (SSSR count). The zero-order valence-corrected chi connectivity index (χ0v) is 11.4. The van der Waals surface area contributed by atoms with Gasteiger partial charge in [-0.15, -0.1) is 5.06 Å². The molecule has 2 nitrogen and oxygen atoms in total. The molecule has 0 aromatic heterocycles. The summed E-state index contributed by atoms with van der Waals surface area (Å²) in [7, 11) is 0. The Hall–Kier alpha value is -0.730. The molecular formula is C15H20ClNO. The lowest BCUT2D eigenvalue weighted by Crippen LogP contribution is -2.47. The predicted molar refractivity (Wildman–Crippen MR) is 73.8 cm³/mol. The van der Waals surface area contributed by atoms with Crippen molar-refractivity contribution in [2.45, 2.75) is 44.6 Å². The van der Waals surface area contributed by atoms with Gasteiger partial charge in [0.25, 0.3) is 0 Å². The SMILES string of the molecule is Clc1ccccc1ON1CCCCC1C1CCC1. The van der Waals surface area contributed by atoms with Crippen LogP contribution in [0.15, 0.2) is 24.3 Å². The van der Waals surface area contributed by atoms with E-state index >= 15 is 0 Å². The maximum atomic E-state index is 6.17. The molecule has 18 heavy (non-hydrogen) atoms. The van der Waals surface area contributed by atoms with Crippen molar-refractivity contribution in [3.63, 3.8) is 0 Å². The summed E-state index contributed by atoms with van der Waals surface area (Å²) in [5, 5.41) is 2.89. The van der Waals surface area contributed by atoms with Crippen LogP contribution >= 0.6 is 11.6 Å². The Balaban J connectivity index is 1.71. The van der Waals surface area contributed by atoms with Gasteiger partial charge < -0.3 is 4.84 Å². The van der Waals surface area contributed by atoms with Gasteiger partial charge in [-0.25, -0.2) is 0 Å². The molecule has 1 saturated heterocycles. The van der Waals surface area contributed by atoms with Crippen LogP contribution < -0.4 is 4.84 Å². The van der Waals surface area contributed by atoms with Crippen LogP contribution in [-0.4, -0.2) is 17.6 Å². The molecule has 1 aliphatic heterocycles. The number of hydrogen-bond acceptors (Lipinski definition) is 2. The van der Waals surface area contributed by atoms with Crippen LogP contribution in [0, 0.1) is 5.92 Å². The van der Waals surface area contributed by atoms with Crippen molar-refractivity contribution in [2.24, 2.45) is 5.92 Å². The fourth-order valence-electron chi connectivity index (χ4n) is 2.98. The number of hydrogen-bond donors (Lipinski definition) is 0. The first-order chi connectivity index (χ1) is 8.84. The van der Waals surface area contributed by atoms with E-state index in [2.05, 4.69) is 5.06 Å². The van der Waals surface area contributed by atoms with E-state index in [1.807, 2.05) is 24.3 Å². The van der Waals surface area contributed by atoms with Crippen molar-refractivity contribution in [3.05, 3.63) is 29.3 Å². The Morgan fingerprint density at radius 2 is 1.89 bits per heavy atom. The largest absolute Gasteiger partial charge is 0.404 e. The standard InChI is InChI=1S/C15H20ClNO/c16-13-8-1-2-10-15(13)18-17-11-4-3-9-14(17)12-6-5-7-12/h1-2,8,10,12,14H,3-7,9,11H2. The molecule has 3 heteroatoms. The monoisotopic (exact) mass is 265 g/mol. The lowest BCUT2D eigenvalue weighted by Gasteiger charge is -2.42. The van der Waals surface area contributed by atoms with Crippen molar-refractivity contribution >= 4 is 11.6 Å². The normalized spacial score (nSPS) is 25.7. The average molecular weight is 266 g/mol. The van der Waals surface area contributed by atoms with Crippen LogP contribution in [0.25, 0.3) is 0 Å². The van der Waals surface area contributed by atoms with Gasteiger partial charge in [0.05, 0.1) is 5.02 Å². The van der Waals surface area contributed by atoms with E-state index in [9.17, 15) is 0 Å². The second-order valence-electron chi connectivity index (χ2n) is 5.42. The first kappa shape index (κ1) is 12.3. The first-order valence-electron chi connectivity index (χ1n) is 7.04. The highest BCUT2D eigenvalue weighted by molar-refractivity contribution is 6.32. The number of para-hydroxylation sites is 1. The summed E-state index contributed by atoms with van der Waals surface area (Å²) in [6.07, 6.45) is 7.97. The van der Waals surface area contributed by atoms with E-state index in [0.29, 0.717) is 11.1 Å². The van der Waals surface area contributed by atoms with Crippen molar-refractivity contribution in [2.75, 3.05) is 6.54 Å². The minimum absolute atomic E-state index is 0.601. The van der Waals surface area contributed by atoms with Gasteiger partial charge in [-0.05, 0) is 43.7 Å². The van der Waals surface area contributed by atoms with Crippen LogP contribution in [0.2, 0.25) is 5.02 Å². The molecule has 1 unspecified atom stereocenters. The van der Waals surface area contributed by atoms with Gasteiger partial charge in [0.15, 0.2) is 5.75 Å². The molecule has 2 aliphatic rings. The van der Waals surface area contributed by atoms with Crippen LogP contribution in [-0.2, 0) is 0 Å². The Bertz CT molecular complexity index is 405. The van der Waals surface area contributed by atoms with Gasteiger partial charge in [0.1, 0.15) is 0 Å². The number of piperidine rings is 1. The number of hydroxylamine groups is 2. The second-order valence-corrected chi connectivity index (χ2v) is 5.82. The number of rotatable bonds is 3. The third-order valence-electron chi connectivity index (χ3n) is 4.24. The minimum Gasteiger partial charge on any atom is -0.404 e. The molecule has 0 N–H and O–H groups in total. The van der Waals surface area contributed by atoms with E-state index in [-0.39, 0.29) is 0 Å². The predicted octanol–water partition coefficient (Wildman–Crippen LogP) is 4.29. The Labute approximate surface area is 114 Å². The number of nitrogens with zero attached hydrogens (tertiary/aromatic N) is 1. The smallest absolute Gasteiger partial charge is 0.166 e. The molecule has 98 valence electrons. The maximum absolute atomic E-state index is 6.17. The quantitative estimate of drug-likeness (QED) is 0.808. The summed E-state index contributed by atoms with van der Waals surface area (Å²) < 4.78 is 0. The fourth-order valence-corrected chi connectivity index (χ4v) is 3.16. The van der Waals surface area contributed by atoms with E-state index < -0.39 is 0 Å². The summed E-state index contributed by atoms with van der Waals surface area (Å²) in [4.78, 5) is 6.06. The van der Waals surface area contributed by atoms with Gasteiger partial charge in [-0.1, -0.05) is 36.6 Å². The second kappa shape index (κ2) is 5.50. The number of halogens is 1. The van der Waals surface area contributed by atoms with Crippen molar-refractivity contribution in [3.8, 4) is 5.75 Å². The summed E-state index contributed by atoms with van der Waals surface area (Å²) in [6, 6.07) is 8.36. The van der Waals surface area contributed by atoms with E-state index in [4.69, 9.17) is 16.4 Å². The zero-order chi connectivity index (χ0) is 12.4. The molecule has 0 bridgehead atoms. The molecule has 0 amide bonds. The van der Waals surface area contributed by atoms with Gasteiger partial charge in [0, 0.05) is 12.6 Å².